The summed E-state index contributed by atoms with van der Waals surface area (Å²) < 4.78 is 1.59. The average Bonchev–Trinajstić information content (AvgIpc) is 2.78. The Morgan fingerprint density at radius 1 is 1.47 bits per heavy atom. The van der Waals surface area contributed by atoms with Crippen LogP contribution < -0.4 is 0 Å². The molecule has 0 aliphatic heterocycles. The number of nitro groups is 1. The van der Waals surface area contributed by atoms with E-state index in [-0.39, 0.29) is 5.82 Å². The Labute approximate surface area is 88.3 Å². The van der Waals surface area contributed by atoms with E-state index in [9.17, 15) is 10.1 Å². The van der Waals surface area contributed by atoms with Crippen molar-refractivity contribution in [3.05, 3.63) is 53.7 Å². The highest BCUT2D eigenvalue weighted by Gasteiger charge is 2.24. The van der Waals surface area contributed by atoms with Crippen molar-refractivity contribution in [1.29, 1.82) is 0 Å². The number of hydrogen-bond acceptors (Lipinski definition) is 3. The number of nitrogens with zero attached hydrogens (tertiary/aromatic N) is 3. The number of aromatic nitrogens is 2. The molecule has 0 amide bonds. The predicted octanol–water partition coefficient (Wildman–Crippen LogP) is 1.50. The van der Waals surface area contributed by atoms with Crippen molar-refractivity contribution in [3.63, 3.8) is 0 Å². The highest BCUT2D eigenvalue weighted by molar-refractivity contribution is 5.36. The fraction of sp³-hybridized carbons (Fsp3) is 0.200. The van der Waals surface area contributed by atoms with Crippen LogP contribution in [0.1, 0.15) is 5.82 Å². The first-order chi connectivity index (χ1) is 7.18. The Morgan fingerprint density at radius 3 is 2.73 bits per heavy atom. The fourth-order valence-corrected chi connectivity index (χ4v) is 1.50. The van der Waals surface area contributed by atoms with Crippen molar-refractivity contribution in [2.75, 3.05) is 0 Å². The Morgan fingerprint density at radius 2 is 2.13 bits per heavy atom. The first-order valence-corrected chi connectivity index (χ1v) is 4.55. The summed E-state index contributed by atoms with van der Waals surface area (Å²) in [6, 6.07) is 0. The minimum atomic E-state index is -0.414. The lowest BCUT2D eigenvalue weighted by Crippen LogP contribution is -2.10. The molecule has 1 aromatic heterocycles. The second-order valence-electron chi connectivity index (χ2n) is 3.30. The minimum absolute atomic E-state index is 0.0358. The van der Waals surface area contributed by atoms with Gasteiger partial charge in [0.25, 0.3) is 0 Å². The van der Waals surface area contributed by atoms with Gasteiger partial charge in [0, 0.05) is 12.8 Å². The second kappa shape index (κ2) is 4.00. The van der Waals surface area contributed by atoms with Crippen LogP contribution in [-0.4, -0.2) is 14.5 Å². The zero-order valence-electron chi connectivity index (χ0n) is 8.25. The normalized spacial score (nSPS) is 17.1. The molecule has 0 N–H and O–H groups in total. The third-order valence-electron chi connectivity index (χ3n) is 2.29. The molecular formula is C10H10N3O2. The number of aryl methyl sites for hydroxylation is 1. The van der Waals surface area contributed by atoms with Gasteiger partial charge < -0.3 is 10.1 Å². The van der Waals surface area contributed by atoms with Crippen LogP contribution in [0.5, 0.6) is 0 Å². The van der Waals surface area contributed by atoms with Crippen molar-refractivity contribution in [2.24, 2.45) is 0 Å². The van der Waals surface area contributed by atoms with Gasteiger partial charge in [-0.05, 0) is 30.6 Å². The lowest BCUT2D eigenvalue weighted by Gasteiger charge is -2.07. The van der Waals surface area contributed by atoms with Crippen LogP contribution in [0.2, 0.25) is 0 Å². The molecule has 1 heterocycles. The van der Waals surface area contributed by atoms with E-state index in [0.717, 1.165) is 5.92 Å². The summed E-state index contributed by atoms with van der Waals surface area (Å²) in [5, 5.41) is 10.7. The molecule has 15 heavy (non-hydrogen) atoms. The fourth-order valence-electron chi connectivity index (χ4n) is 1.50. The zero-order chi connectivity index (χ0) is 10.8. The summed E-state index contributed by atoms with van der Waals surface area (Å²) in [7, 11) is 0. The molecule has 77 valence electrons. The van der Waals surface area contributed by atoms with Gasteiger partial charge in [0.1, 0.15) is 6.20 Å². The maximum Gasteiger partial charge on any atom is 0.342 e. The molecule has 5 nitrogen and oxygen atoms in total. The van der Waals surface area contributed by atoms with E-state index in [1.54, 1.807) is 11.5 Å². The van der Waals surface area contributed by atoms with E-state index in [0.29, 0.717) is 12.4 Å². The summed E-state index contributed by atoms with van der Waals surface area (Å²) in [4.78, 5) is 14.2. The lowest BCUT2D eigenvalue weighted by molar-refractivity contribution is -0.392. The van der Waals surface area contributed by atoms with Crippen molar-refractivity contribution in [3.8, 4) is 0 Å². The van der Waals surface area contributed by atoms with Gasteiger partial charge >= 0.3 is 5.82 Å². The summed E-state index contributed by atoms with van der Waals surface area (Å²) in [5.41, 5.74) is 0. The van der Waals surface area contributed by atoms with E-state index in [1.807, 2.05) is 25.7 Å². The van der Waals surface area contributed by atoms with Crippen LogP contribution in [-0.2, 0) is 6.54 Å². The summed E-state index contributed by atoms with van der Waals surface area (Å²) in [6.45, 7) is 2.26. The van der Waals surface area contributed by atoms with Crippen LogP contribution in [0, 0.1) is 48.6 Å². The molecule has 1 aliphatic carbocycles. The van der Waals surface area contributed by atoms with Gasteiger partial charge in [0.05, 0.1) is 6.54 Å². The van der Waals surface area contributed by atoms with Crippen molar-refractivity contribution < 1.29 is 4.92 Å². The molecule has 5 heteroatoms. The third kappa shape index (κ3) is 2.00. The Balaban J connectivity index is 2.18. The maximum absolute atomic E-state index is 10.7. The molecule has 1 saturated carbocycles. The molecule has 0 aromatic carbocycles. The summed E-state index contributed by atoms with van der Waals surface area (Å²) >= 11 is 0. The minimum Gasteiger partial charge on any atom is -0.358 e. The third-order valence-corrected chi connectivity index (χ3v) is 2.29. The van der Waals surface area contributed by atoms with Gasteiger partial charge in [-0.2, -0.15) is 0 Å². The van der Waals surface area contributed by atoms with Crippen LogP contribution in [0.25, 0.3) is 0 Å². The zero-order valence-corrected chi connectivity index (χ0v) is 8.25. The topological polar surface area (TPSA) is 61.0 Å². The molecule has 5 radical (unpaired) electrons. The SMILES string of the molecule is Cc1ncc([N+](=O)[O-])n1C[C]1[CH][CH][CH][CH]1. The van der Waals surface area contributed by atoms with Gasteiger partial charge in [0.2, 0.25) is 0 Å². The number of imidazole rings is 1. The first-order valence-electron chi connectivity index (χ1n) is 4.55. The maximum atomic E-state index is 10.7. The highest BCUT2D eigenvalue weighted by atomic mass is 16.6. The molecule has 0 unspecified atom stereocenters. The monoisotopic (exact) mass is 204 g/mol. The van der Waals surface area contributed by atoms with Crippen molar-refractivity contribution >= 4 is 5.82 Å². The van der Waals surface area contributed by atoms with Crippen molar-refractivity contribution in [1.82, 2.24) is 9.55 Å². The van der Waals surface area contributed by atoms with Crippen molar-refractivity contribution in [2.45, 2.75) is 13.5 Å². The second-order valence-corrected chi connectivity index (χ2v) is 3.30. The van der Waals surface area contributed by atoms with Crippen LogP contribution in [0.3, 0.4) is 0 Å². The molecule has 0 spiro atoms. The standard InChI is InChI=1S/C10H10N3O2/c1-8-11-6-10(13(14)15)12(8)7-9-4-2-3-5-9/h2-6H,7H2,1H3. The van der Waals surface area contributed by atoms with E-state index in [4.69, 9.17) is 0 Å². The quantitative estimate of drug-likeness (QED) is 0.553. The molecular weight excluding hydrogens is 194 g/mol. The predicted molar refractivity (Wildman–Crippen MR) is 54.1 cm³/mol. The first kappa shape index (κ1) is 10.1. The Bertz CT molecular complexity index is 367. The number of hydrogen-bond donors (Lipinski definition) is 0. The molecule has 1 fully saturated rings. The Kier molecular flexibility index (Phi) is 2.70. The number of rotatable bonds is 3. The van der Waals surface area contributed by atoms with E-state index in [2.05, 4.69) is 4.98 Å². The summed E-state index contributed by atoms with van der Waals surface area (Å²) in [5.74, 6) is 1.73. The van der Waals surface area contributed by atoms with E-state index in [1.165, 1.54) is 6.20 Å². The molecule has 1 aromatic rings. The van der Waals surface area contributed by atoms with Gasteiger partial charge in [-0.1, -0.05) is 0 Å². The van der Waals surface area contributed by atoms with Gasteiger partial charge in [-0.25, -0.2) is 9.55 Å². The van der Waals surface area contributed by atoms with E-state index < -0.39 is 4.92 Å². The molecule has 0 saturated heterocycles. The Hall–Kier alpha value is -1.39. The highest BCUT2D eigenvalue weighted by Crippen LogP contribution is 2.27. The molecule has 1 aliphatic rings. The largest absolute Gasteiger partial charge is 0.358 e. The van der Waals surface area contributed by atoms with Gasteiger partial charge in [-0.3, -0.25) is 0 Å². The van der Waals surface area contributed by atoms with Gasteiger partial charge in [-0.15, -0.1) is 0 Å². The van der Waals surface area contributed by atoms with Crippen LogP contribution in [0.4, 0.5) is 5.82 Å². The smallest absolute Gasteiger partial charge is 0.342 e. The average molecular weight is 204 g/mol. The lowest BCUT2D eigenvalue weighted by atomic mass is 10.1. The van der Waals surface area contributed by atoms with E-state index >= 15 is 0 Å². The van der Waals surface area contributed by atoms with Crippen LogP contribution >= 0.6 is 0 Å². The summed E-state index contributed by atoms with van der Waals surface area (Å²) in [6.07, 6.45) is 8.98. The molecule has 2 rings (SSSR count). The van der Waals surface area contributed by atoms with Gasteiger partial charge in [0.15, 0.2) is 5.82 Å². The molecule has 0 atom stereocenters. The van der Waals surface area contributed by atoms with Crippen LogP contribution in [0.15, 0.2) is 6.20 Å². The molecule has 0 bridgehead atoms.